The third-order valence-corrected chi connectivity index (χ3v) is 2.25. The predicted octanol–water partition coefficient (Wildman–Crippen LogP) is -0.736. The molecule has 0 atom stereocenters. The smallest absolute Gasteiger partial charge is 0.335 e. The SMILES string of the molecule is Cc1c(C(=O)O)ccc(C(=O)O)c1C.[SiH3]O[SiH3]. The van der Waals surface area contributed by atoms with E-state index in [4.69, 9.17) is 10.2 Å². The van der Waals surface area contributed by atoms with Gasteiger partial charge in [-0.25, -0.2) is 9.59 Å². The number of hydrogen-bond donors (Lipinski definition) is 2. The van der Waals surface area contributed by atoms with Crippen LogP contribution in [-0.2, 0) is 4.12 Å². The van der Waals surface area contributed by atoms with E-state index in [9.17, 15) is 9.59 Å². The van der Waals surface area contributed by atoms with Crippen LogP contribution in [0.2, 0.25) is 0 Å². The molecule has 0 spiro atoms. The molecule has 0 saturated carbocycles. The summed E-state index contributed by atoms with van der Waals surface area (Å²) < 4.78 is 4.53. The van der Waals surface area contributed by atoms with E-state index in [0.717, 1.165) is 21.0 Å². The lowest BCUT2D eigenvalue weighted by Gasteiger charge is -2.07. The minimum atomic E-state index is -1.04. The Hall–Kier alpha value is -1.45. The van der Waals surface area contributed by atoms with E-state index in [0.29, 0.717) is 11.1 Å². The van der Waals surface area contributed by atoms with Crippen LogP contribution < -0.4 is 0 Å². The number of aromatic carboxylic acids is 2. The highest BCUT2D eigenvalue weighted by Crippen LogP contribution is 2.17. The van der Waals surface area contributed by atoms with Gasteiger partial charge in [0.2, 0.25) is 0 Å². The number of carboxylic acids is 2. The van der Waals surface area contributed by atoms with Crippen LogP contribution in [0.5, 0.6) is 0 Å². The fourth-order valence-corrected chi connectivity index (χ4v) is 1.28. The van der Waals surface area contributed by atoms with Crippen molar-refractivity contribution in [2.24, 2.45) is 0 Å². The van der Waals surface area contributed by atoms with Gasteiger partial charge in [-0.1, -0.05) is 0 Å². The lowest BCUT2D eigenvalue weighted by molar-refractivity contribution is 0.0679. The van der Waals surface area contributed by atoms with Crippen LogP contribution in [0, 0.1) is 13.8 Å². The summed E-state index contributed by atoms with van der Waals surface area (Å²) in [6, 6.07) is 2.63. The standard InChI is InChI=1S/C10H10O4.H6OSi2/c1-5-6(2)8(10(13)14)4-3-7(5)9(11)12;2-1-3/h3-4H,1-2H3,(H,11,12)(H,13,14);2-3H3. The van der Waals surface area contributed by atoms with E-state index < -0.39 is 11.9 Å². The first-order valence-electron chi connectivity index (χ1n) is 4.83. The van der Waals surface area contributed by atoms with Gasteiger partial charge in [-0.05, 0) is 37.1 Å². The van der Waals surface area contributed by atoms with E-state index >= 15 is 0 Å². The number of rotatable bonds is 2. The molecule has 0 fully saturated rings. The van der Waals surface area contributed by atoms with Crippen molar-refractivity contribution in [3.05, 3.63) is 34.4 Å². The summed E-state index contributed by atoms with van der Waals surface area (Å²) in [5.74, 6) is -2.08. The molecule has 0 heterocycles. The lowest BCUT2D eigenvalue weighted by Crippen LogP contribution is -2.06. The van der Waals surface area contributed by atoms with E-state index in [2.05, 4.69) is 4.12 Å². The molecule has 1 rings (SSSR count). The molecular weight excluding hydrogens is 256 g/mol. The second-order valence-electron chi connectivity index (χ2n) is 3.43. The molecule has 0 aliphatic rings. The van der Waals surface area contributed by atoms with Crippen molar-refractivity contribution >= 4 is 32.9 Å². The molecule has 0 radical (unpaired) electrons. The minimum absolute atomic E-state index is 0.146. The van der Waals surface area contributed by atoms with E-state index in [-0.39, 0.29) is 11.1 Å². The maximum Gasteiger partial charge on any atom is 0.335 e. The van der Waals surface area contributed by atoms with Crippen LogP contribution in [0.25, 0.3) is 0 Å². The first-order chi connectivity index (χ1) is 7.86. The van der Waals surface area contributed by atoms with Crippen molar-refractivity contribution < 1.29 is 23.9 Å². The van der Waals surface area contributed by atoms with Crippen molar-refractivity contribution in [3.63, 3.8) is 0 Å². The largest absolute Gasteiger partial charge is 0.478 e. The molecule has 0 amide bonds. The number of hydrogen-bond acceptors (Lipinski definition) is 3. The Balaban J connectivity index is 0.000000770. The van der Waals surface area contributed by atoms with Crippen LogP contribution in [0.1, 0.15) is 31.8 Å². The fourth-order valence-electron chi connectivity index (χ4n) is 1.28. The molecule has 0 saturated heterocycles. The van der Waals surface area contributed by atoms with Crippen molar-refractivity contribution in [2.45, 2.75) is 13.8 Å². The molecule has 1 aromatic carbocycles. The van der Waals surface area contributed by atoms with Crippen molar-refractivity contribution in [2.75, 3.05) is 0 Å². The van der Waals surface area contributed by atoms with Gasteiger partial charge in [-0.3, -0.25) is 0 Å². The molecule has 0 unspecified atom stereocenters. The van der Waals surface area contributed by atoms with Crippen molar-refractivity contribution in [3.8, 4) is 0 Å². The molecule has 0 aliphatic heterocycles. The summed E-state index contributed by atoms with van der Waals surface area (Å²) >= 11 is 0. The topological polar surface area (TPSA) is 83.8 Å². The Morgan fingerprint density at radius 2 is 1.24 bits per heavy atom. The molecule has 0 aliphatic carbocycles. The van der Waals surface area contributed by atoms with Gasteiger partial charge >= 0.3 is 11.9 Å². The van der Waals surface area contributed by atoms with Gasteiger partial charge in [-0.15, -0.1) is 0 Å². The van der Waals surface area contributed by atoms with E-state index in [1.165, 1.54) is 12.1 Å². The Bertz CT molecular complexity index is 392. The van der Waals surface area contributed by atoms with Gasteiger partial charge < -0.3 is 14.3 Å². The van der Waals surface area contributed by atoms with Crippen LogP contribution in [-0.4, -0.2) is 43.1 Å². The molecule has 2 N–H and O–H groups in total. The number of carboxylic acid groups (broad SMARTS) is 2. The zero-order chi connectivity index (χ0) is 13.6. The van der Waals surface area contributed by atoms with Crippen molar-refractivity contribution in [1.29, 1.82) is 0 Å². The Labute approximate surface area is 106 Å². The number of carbonyl (C=O) groups is 2. The fraction of sp³-hybridized carbons (Fsp3) is 0.200. The van der Waals surface area contributed by atoms with Crippen molar-refractivity contribution in [1.82, 2.24) is 0 Å². The minimum Gasteiger partial charge on any atom is -0.478 e. The molecule has 17 heavy (non-hydrogen) atoms. The second kappa shape index (κ2) is 6.99. The molecular formula is C10H16O5Si2. The summed E-state index contributed by atoms with van der Waals surface area (Å²) in [5, 5.41) is 17.5. The summed E-state index contributed by atoms with van der Waals surface area (Å²) in [6.45, 7) is 3.20. The molecule has 0 aromatic heterocycles. The maximum atomic E-state index is 10.7. The summed E-state index contributed by atoms with van der Waals surface area (Å²) in [4.78, 5) is 21.4. The quantitative estimate of drug-likeness (QED) is 0.693. The van der Waals surface area contributed by atoms with Gasteiger partial charge in [0.1, 0.15) is 21.0 Å². The van der Waals surface area contributed by atoms with Crippen LogP contribution >= 0.6 is 0 Å². The second-order valence-corrected chi connectivity index (χ2v) is 6.70. The van der Waals surface area contributed by atoms with Crippen LogP contribution in [0.15, 0.2) is 12.1 Å². The first kappa shape index (κ1) is 15.6. The molecule has 1 aromatic rings. The third-order valence-electron chi connectivity index (χ3n) is 2.25. The molecule has 7 heteroatoms. The Morgan fingerprint density at radius 3 is 1.41 bits per heavy atom. The van der Waals surface area contributed by atoms with Gasteiger partial charge in [0.25, 0.3) is 0 Å². The highest BCUT2D eigenvalue weighted by molar-refractivity contribution is 6.15. The summed E-state index contributed by atoms with van der Waals surface area (Å²) in [6.07, 6.45) is 0. The Morgan fingerprint density at radius 1 is 1.00 bits per heavy atom. The van der Waals surface area contributed by atoms with Crippen LogP contribution in [0.4, 0.5) is 0 Å². The van der Waals surface area contributed by atoms with E-state index in [1.54, 1.807) is 13.8 Å². The molecule has 0 bridgehead atoms. The molecule has 94 valence electrons. The molecule has 5 nitrogen and oxygen atoms in total. The lowest BCUT2D eigenvalue weighted by atomic mass is 9.98. The summed E-state index contributed by atoms with van der Waals surface area (Å²) in [7, 11) is 1.86. The van der Waals surface area contributed by atoms with Gasteiger partial charge in [0.15, 0.2) is 0 Å². The van der Waals surface area contributed by atoms with Gasteiger partial charge in [0, 0.05) is 0 Å². The number of benzene rings is 1. The monoisotopic (exact) mass is 272 g/mol. The first-order valence-corrected chi connectivity index (χ1v) is 6.47. The average molecular weight is 272 g/mol. The maximum absolute atomic E-state index is 10.7. The average Bonchev–Trinajstić information content (AvgIpc) is 2.22. The third kappa shape index (κ3) is 4.13. The zero-order valence-corrected chi connectivity index (χ0v) is 14.3. The zero-order valence-electron chi connectivity index (χ0n) is 10.3. The van der Waals surface area contributed by atoms with Gasteiger partial charge in [-0.2, -0.15) is 0 Å². The predicted molar refractivity (Wildman–Crippen MR) is 70.8 cm³/mol. The highest BCUT2D eigenvalue weighted by atomic mass is 28.3. The Kier molecular flexibility index (Phi) is 6.40. The van der Waals surface area contributed by atoms with Crippen LogP contribution in [0.3, 0.4) is 0 Å². The van der Waals surface area contributed by atoms with E-state index in [1.807, 2.05) is 0 Å². The highest BCUT2D eigenvalue weighted by Gasteiger charge is 2.14. The normalized spacial score (nSPS) is 9.53. The van der Waals surface area contributed by atoms with Gasteiger partial charge in [0.05, 0.1) is 11.1 Å². The summed E-state index contributed by atoms with van der Waals surface area (Å²) in [5.41, 5.74) is 1.29.